The second-order valence-electron chi connectivity index (χ2n) is 8.30. The van der Waals surface area contributed by atoms with Crippen molar-refractivity contribution in [2.75, 3.05) is 5.32 Å². The number of benzene rings is 4. The van der Waals surface area contributed by atoms with E-state index in [9.17, 15) is 10.5 Å². The fraction of sp³-hybridized carbons (Fsp3) is 0.0690. The number of aryl methyl sites for hydroxylation is 1. The van der Waals surface area contributed by atoms with Gasteiger partial charge in [0.25, 0.3) is 0 Å². The SMILES string of the molecule is C[n+]1c2ccccc2c(C#N)c2c(-c3cccc4c3C(C#N)c3ccccc3N4)cccc21. The Labute approximate surface area is 191 Å². The lowest BCUT2D eigenvalue weighted by molar-refractivity contribution is -0.617. The Morgan fingerprint density at radius 3 is 2.30 bits per heavy atom. The van der Waals surface area contributed by atoms with Crippen molar-refractivity contribution in [1.29, 1.82) is 10.5 Å². The zero-order chi connectivity index (χ0) is 22.5. The fourth-order valence-corrected chi connectivity index (χ4v) is 5.18. The molecule has 0 radical (unpaired) electrons. The van der Waals surface area contributed by atoms with Crippen molar-refractivity contribution >= 4 is 33.2 Å². The summed E-state index contributed by atoms with van der Waals surface area (Å²) in [5.74, 6) is -0.399. The lowest BCUT2D eigenvalue weighted by atomic mass is 9.81. The number of hydrogen-bond acceptors (Lipinski definition) is 3. The first kappa shape index (κ1) is 19.0. The van der Waals surface area contributed by atoms with E-state index in [0.29, 0.717) is 5.56 Å². The zero-order valence-corrected chi connectivity index (χ0v) is 18.0. The van der Waals surface area contributed by atoms with Crippen molar-refractivity contribution in [3.8, 4) is 23.3 Å². The highest BCUT2D eigenvalue weighted by atomic mass is 14.9. The second-order valence-corrected chi connectivity index (χ2v) is 8.30. The highest BCUT2D eigenvalue weighted by Crippen LogP contribution is 2.46. The highest BCUT2D eigenvalue weighted by Gasteiger charge is 2.30. The second kappa shape index (κ2) is 7.19. The van der Waals surface area contributed by atoms with Crippen LogP contribution in [0.4, 0.5) is 11.4 Å². The zero-order valence-electron chi connectivity index (χ0n) is 18.0. The molecule has 4 nitrogen and oxygen atoms in total. The molecule has 1 aliphatic rings. The van der Waals surface area contributed by atoms with E-state index in [4.69, 9.17) is 0 Å². The Kier molecular flexibility index (Phi) is 4.15. The third-order valence-electron chi connectivity index (χ3n) is 6.66. The molecule has 0 spiro atoms. The average molecular weight is 423 g/mol. The van der Waals surface area contributed by atoms with E-state index in [1.165, 1.54) is 0 Å². The van der Waals surface area contributed by atoms with Crippen LogP contribution >= 0.6 is 0 Å². The van der Waals surface area contributed by atoms with Gasteiger partial charge in [0.15, 0.2) is 0 Å². The van der Waals surface area contributed by atoms with Gasteiger partial charge in [-0.2, -0.15) is 15.1 Å². The molecule has 1 atom stereocenters. The molecule has 2 heterocycles. The molecule has 0 fully saturated rings. The predicted octanol–water partition coefficient (Wildman–Crippen LogP) is 6.07. The summed E-state index contributed by atoms with van der Waals surface area (Å²) < 4.78 is 2.14. The molecule has 5 aromatic rings. The predicted molar refractivity (Wildman–Crippen MR) is 130 cm³/mol. The largest absolute Gasteiger partial charge is 0.355 e. The summed E-state index contributed by atoms with van der Waals surface area (Å²) >= 11 is 0. The average Bonchev–Trinajstić information content (AvgIpc) is 2.87. The maximum absolute atomic E-state index is 10.2. The van der Waals surface area contributed by atoms with Crippen LogP contribution in [0.5, 0.6) is 0 Å². The Hall–Kier alpha value is -4.67. The van der Waals surface area contributed by atoms with Crippen molar-refractivity contribution in [2.45, 2.75) is 5.92 Å². The molecule has 0 aliphatic carbocycles. The summed E-state index contributed by atoms with van der Waals surface area (Å²) in [5, 5.41) is 25.8. The van der Waals surface area contributed by atoms with Crippen molar-refractivity contribution in [3.63, 3.8) is 0 Å². The number of aromatic nitrogens is 1. The molecule has 1 aromatic heterocycles. The molecule has 1 N–H and O–H groups in total. The van der Waals surface area contributed by atoms with E-state index in [0.717, 1.165) is 55.4 Å². The van der Waals surface area contributed by atoms with Crippen LogP contribution in [0.1, 0.15) is 22.6 Å². The molecule has 0 bridgehead atoms. The van der Waals surface area contributed by atoms with Gasteiger partial charge in [-0.05, 0) is 34.9 Å². The molecule has 1 unspecified atom stereocenters. The van der Waals surface area contributed by atoms with Crippen molar-refractivity contribution < 1.29 is 4.57 Å². The maximum Gasteiger partial charge on any atom is 0.214 e. The Balaban J connectivity index is 1.73. The van der Waals surface area contributed by atoms with Gasteiger partial charge in [0.1, 0.15) is 19.0 Å². The van der Waals surface area contributed by atoms with Crippen LogP contribution in [0, 0.1) is 22.7 Å². The third kappa shape index (κ3) is 2.65. The Bertz CT molecular complexity index is 1690. The van der Waals surface area contributed by atoms with E-state index in [2.05, 4.69) is 40.2 Å². The van der Waals surface area contributed by atoms with Gasteiger partial charge in [-0.1, -0.05) is 54.6 Å². The van der Waals surface area contributed by atoms with E-state index >= 15 is 0 Å². The summed E-state index contributed by atoms with van der Waals surface area (Å²) in [7, 11) is 2.03. The van der Waals surface area contributed by atoms with Crippen LogP contribution in [-0.2, 0) is 7.05 Å². The first-order chi connectivity index (χ1) is 16.2. The number of nitrogens with zero attached hydrogens (tertiary/aromatic N) is 3. The van der Waals surface area contributed by atoms with Crippen LogP contribution in [-0.4, -0.2) is 0 Å². The van der Waals surface area contributed by atoms with Crippen molar-refractivity contribution in [3.05, 3.63) is 102 Å². The summed E-state index contributed by atoms with van der Waals surface area (Å²) in [6.45, 7) is 0. The van der Waals surface area contributed by atoms with Crippen LogP contribution < -0.4 is 9.88 Å². The van der Waals surface area contributed by atoms with Gasteiger partial charge in [-0.3, -0.25) is 0 Å². The van der Waals surface area contributed by atoms with Gasteiger partial charge in [0.2, 0.25) is 11.0 Å². The standard InChI is InChI=1S/C29H19N4/c1-33-26-14-5-3-9-19(26)23(17-31)29-21(11-7-15-27(29)33)20-10-6-13-25-28(20)22(16-30)18-8-2-4-12-24(18)32-25/h2-15,22,32H,1H3/q+1. The quantitative estimate of drug-likeness (QED) is 0.263. The van der Waals surface area contributed by atoms with Crippen LogP contribution in [0.3, 0.4) is 0 Å². The van der Waals surface area contributed by atoms with Gasteiger partial charge in [0, 0.05) is 29.1 Å². The summed E-state index contributed by atoms with van der Waals surface area (Å²) in [5.41, 5.74) is 8.40. The molecule has 1 aliphatic heterocycles. The van der Waals surface area contributed by atoms with Gasteiger partial charge >= 0.3 is 0 Å². The smallest absolute Gasteiger partial charge is 0.214 e. The summed E-state index contributed by atoms with van der Waals surface area (Å²) in [6.07, 6.45) is 0. The minimum atomic E-state index is -0.399. The molecule has 4 heteroatoms. The fourth-order valence-electron chi connectivity index (χ4n) is 5.18. The Morgan fingerprint density at radius 2 is 1.45 bits per heavy atom. The first-order valence-corrected chi connectivity index (χ1v) is 10.9. The van der Waals surface area contributed by atoms with Gasteiger partial charge in [-0.25, -0.2) is 0 Å². The van der Waals surface area contributed by atoms with Gasteiger partial charge < -0.3 is 5.32 Å². The van der Waals surface area contributed by atoms with Crippen LogP contribution in [0.2, 0.25) is 0 Å². The van der Waals surface area contributed by atoms with Crippen molar-refractivity contribution in [1.82, 2.24) is 0 Å². The topological polar surface area (TPSA) is 63.5 Å². The summed E-state index contributed by atoms with van der Waals surface area (Å²) in [4.78, 5) is 0. The lowest BCUT2D eigenvalue weighted by Crippen LogP contribution is -2.30. The Morgan fingerprint density at radius 1 is 0.758 bits per heavy atom. The number of anilines is 2. The van der Waals surface area contributed by atoms with E-state index in [-0.39, 0.29) is 0 Å². The van der Waals surface area contributed by atoms with Crippen LogP contribution in [0.25, 0.3) is 32.9 Å². The molecule has 4 aromatic carbocycles. The molecule has 6 rings (SSSR count). The monoisotopic (exact) mass is 423 g/mol. The third-order valence-corrected chi connectivity index (χ3v) is 6.66. The van der Waals surface area contributed by atoms with E-state index in [1.54, 1.807) is 0 Å². The number of pyridine rings is 1. The van der Waals surface area contributed by atoms with E-state index in [1.807, 2.05) is 73.8 Å². The number of para-hydroxylation sites is 2. The number of nitrogens with one attached hydrogen (secondary N) is 1. The highest BCUT2D eigenvalue weighted by molar-refractivity contribution is 6.05. The molecular weight excluding hydrogens is 404 g/mol. The summed E-state index contributed by atoms with van der Waals surface area (Å²) in [6, 6.07) is 33.2. The molecule has 0 saturated carbocycles. The number of rotatable bonds is 1. The molecule has 154 valence electrons. The minimum absolute atomic E-state index is 0.399. The number of nitriles is 2. The number of fused-ring (bicyclic) bond motifs is 4. The van der Waals surface area contributed by atoms with Crippen LogP contribution in [0.15, 0.2) is 84.9 Å². The van der Waals surface area contributed by atoms with E-state index < -0.39 is 5.92 Å². The van der Waals surface area contributed by atoms with Crippen molar-refractivity contribution in [2.24, 2.45) is 7.05 Å². The molecule has 0 saturated heterocycles. The minimum Gasteiger partial charge on any atom is -0.355 e. The maximum atomic E-state index is 10.2. The van der Waals surface area contributed by atoms with Gasteiger partial charge in [-0.15, -0.1) is 0 Å². The lowest BCUT2D eigenvalue weighted by Gasteiger charge is -2.28. The molecule has 33 heavy (non-hydrogen) atoms. The van der Waals surface area contributed by atoms with Gasteiger partial charge in [0.05, 0.1) is 22.4 Å². The number of hydrogen-bond donors (Lipinski definition) is 1. The normalized spacial score (nSPS) is 14.1. The first-order valence-electron chi connectivity index (χ1n) is 10.9. The molecule has 0 amide bonds. The molecular formula is C29H19N4+.